The second kappa shape index (κ2) is 9.76. The average molecular weight is 411 g/mol. The van der Waals surface area contributed by atoms with E-state index in [1.165, 1.54) is 80.3 Å². The van der Waals surface area contributed by atoms with Crippen LogP contribution in [0.3, 0.4) is 0 Å². The number of hydrogen-bond acceptors (Lipinski definition) is 3. The molecule has 3 heteroatoms. The number of nitrogens with zero attached hydrogens (tertiary/aromatic N) is 1. The van der Waals surface area contributed by atoms with Crippen LogP contribution in [0.15, 0.2) is 17.5 Å². The first-order valence-corrected chi connectivity index (χ1v) is 12.6. The maximum atomic E-state index is 3.74. The van der Waals surface area contributed by atoms with Crippen molar-refractivity contribution in [2.45, 2.75) is 78.8 Å². The summed E-state index contributed by atoms with van der Waals surface area (Å²) in [5, 5.41) is 6.17. The molecule has 158 valence electrons. The maximum Gasteiger partial charge on any atom is 0.0236 e. The zero-order valence-corrected chi connectivity index (χ0v) is 19.5. The molecule has 0 spiro atoms. The van der Waals surface area contributed by atoms with Crippen molar-refractivity contribution < 1.29 is 0 Å². The molecule has 2 aromatic rings. The van der Waals surface area contributed by atoms with Gasteiger partial charge in [-0.25, -0.2) is 0 Å². The summed E-state index contributed by atoms with van der Waals surface area (Å²) in [6.45, 7) is 12.7. The number of hydrogen-bond donors (Lipinski definition) is 1. The average Bonchev–Trinajstić information content (AvgIpc) is 3.13. The second-order valence-corrected chi connectivity index (χ2v) is 10.4. The van der Waals surface area contributed by atoms with Gasteiger partial charge in [0.1, 0.15) is 0 Å². The third-order valence-corrected chi connectivity index (χ3v) is 8.21. The smallest absolute Gasteiger partial charge is 0.0236 e. The lowest BCUT2D eigenvalue weighted by Gasteiger charge is -2.31. The number of thiophene rings is 1. The van der Waals surface area contributed by atoms with E-state index in [1.54, 1.807) is 16.0 Å². The molecule has 0 bridgehead atoms. The number of fused-ring (bicyclic) bond motifs is 1. The van der Waals surface area contributed by atoms with E-state index in [1.807, 2.05) is 11.3 Å². The third-order valence-electron chi connectivity index (χ3n) is 7.07. The van der Waals surface area contributed by atoms with Crippen molar-refractivity contribution >= 4 is 11.3 Å². The number of piperidine rings is 1. The lowest BCUT2D eigenvalue weighted by atomic mass is 9.94. The molecule has 2 heterocycles. The molecule has 1 N–H and O–H groups in total. The molecule has 0 unspecified atom stereocenters. The third kappa shape index (κ3) is 5.31. The Balaban J connectivity index is 1.32. The predicted molar refractivity (Wildman–Crippen MR) is 126 cm³/mol. The largest absolute Gasteiger partial charge is 0.312 e. The summed E-state index contributed by atoms with van der Waals surface area (Å²) in [5.74, 6) is 0.901. The van der Waals surface area contributed by atoms with E-state index in [2.05, 4.69) is 48.5 Å². The fourth-order valence-electron chi connectivity index (χ4n) is 5.04. The van der Waals surface area contributed by atoms with Gasteiger partial charge in [-0.1, -0.05) is 24.6 Å². The highest BCUT2D eigenvalue weighted by Crippen LogP contribution is 2.30. The van der Waals surface area contributed by atoms with E-state index in [0.717, 1.165) is 25.6 Å². The summed E-state index contributed by atoms with van der Waals surface area (Å²) in [5.41, 5.74) is 9.21. The monoisotopic (exact) mass is 410 g/mol. The van der Waals surface area contributed by atoms with Crippen LogP contribution in [0.4, 0.5) is 0 Å². The first-order chi connectivity index (χ1) is 14.1. The number of likely N-dealkylation sites (tertiary alicyclic amines) is 1. The standard InChI is InChI=1S/C26H38N2S/c1-19-9-12-28(13-10-19)17-24-15-20(2)14-23(21(24)3)16-27-11-8-22-18-29-26-7-5-4-6-25(22)26/h14-15,18-19,27H,4-13,16-17H2,1-3H3. The van der Waals surface area contributed by atoms with Gasteiger partial charge in [0.15, 0.2) is 0 Å². The quantitative estimate of drug-likeness (QED) is 0.580. The minimum absolute atomic E-state index is 0.901. The molecule has 0 amide bonds. The summed E-state index contributed by atoms with van der Waals surface area (Å²) in [4.78, 5) is 4.32. The van der Waals surface area contributed by atoms with E-state index in [9.17, 15) is 0 Å². The van der Waals surface area contributed by atoms with Crippen molar-refractivity contribution in [3.63, 3.8) is 0 Å². The molecule has 1 aromatic heterocycles. The maximum absolute atomic E-state index is 3.74. The van der Waals surface area contributed by atoms with Crippen molar-refractivity contribution in [2.24, 2.45) is 5.92 Å². The van der Waals surface area contributed by atoms with Crippen LogP contribution in [0, 0.1) is 19.8 Å². The van der Waals surface area contributed by atoms with Gasteiger partial charge in [-0.15, -0.1) is 11.3 Å². The van der Waals surface area contributed by atoms with Gasteiger partial charge in [0.25, 0.3) is 0 Å². The van der Waals surface area contributed by atoms with Gasteiger partial charge >= 0.3 is 0 Å². The van der Waals surface area contributed by atoms with Crippen molar-refractivity contribution in [2.75, 3.05) is 19.6 Å². The van der Waals surface area contributed by atoms with Crippen molar-refractivity contribution in [1.82, 2.24) is 10.2 Å². The SMILES string of the molecule is Cc1cc(CNCCc2csc3c2CCCC3)c(C)c(CN2CCC(C)CC2)c1. The molecular formula is C26H38N2S. The van der Waals surface area contributed by atoms with Gasteiger partial charge in [0.2, 0.25) is 0 Å². The molecule has 1 aliphatic heterocycles. The highest BCUT2D eigenvalue weighted by molar-refractivity contribution is 7.10. The predicted octanol–water partition coefficient (Wildman–Crippen LogP) is 5.81. The van der Waals surface area contributed by atoms with Crippen LogP contribution < -0.4 is 5.32 Å². The molecule has 4 rings (SSSR count). The van der Waals surface area contributed by atoms with E-state index in [0.29, 0.717) is 0 Å². The van der Waals surface area contributed by atoms with Crippen molar-refractivity contribution in [1.29, 1.82) is 0 Å². The van der Waals surface area contributed by atoms with E-state index in [4.69, 9.17) is 0 Å². The summed E-state index contributed by atoms with van der Waals surface area (Å²) in [6.07, 6.45) is 9.27. The van der Waals surface area contributed by atoms with Gasteiger partial charge < -0.3 is 5.32 Å². The van der Waals surface area contributed by atoms with E-state index >= 15 is 0 Å². The van der Waals surface area contributed by atoms with Crippen LogP contribution in [0.5, 0.6) is 0 Å². The zero-order valence-electron chi connectivity index (χ0n) is 18.7. The molecule has 0 saturated carbocycles. The molecule has 0 radical (unpaired) electrons. The normalized spacial score (nSPS) is 18.2. The lowest BCUT2D eigenvalue weighted by molar-refractivity contribution is 0.185. The molecule has 1 aromatic carbocycles. The molecule has 1 aliphatic carbocycles. The molecule has 0 atom stereocenters. The highest BCUT2D eigenvalue weighted by Gasteiger charge is 2.18. The Morgan fingerprint density at radius 1 is 1.03 bits per heavy atom. The Hall–Kier alpha value is -1.16. The summed E-state index contributed by atoms with van der Waals surface area (Å²) in [7, 11) is 0. The van der Waals surface area contributed by atoms with Crippen molar-refractivity contribution in [3.05, 3.63) is 55.8 Å². The number of benzene rings is 1. The van der Waals surface area contributed by atoms with Gasteiger partial charge in [-0.3, -0.25) is 4.90 Å². The van der Waals surface area contributed by atoms with Gasteiger partial charge in [0, 0.05) is 18.0 Å². The van der Waals surface area contributed by atoms with Crippen LogP contribution in [-0.2, 0) is 32.4 Å². The molecule has 29 heavy (non-hydrogen) atoms. The van der Waals surface area contributed by atoms with Crippen LogP contribution >= 0.6 is 11.3 Å². The molecule has 1 saturated heterocycles. The van der Waals surface area contributed by atoms with Gasteiger partial charge in [-0.05, 0) is 118 Å². The van der Waals surface area contributed by atoms with Crippen LogP contribution in [0.25, 0.3) is 0 Å². The molecule has 1 fully saturated rings. The first-order valence-electron chi connectivity index (χ1n) is 11.7. The Labute approximate surface area is 181 Å². The van der Waals surface area contributed by atoms with E-state index in [-0.39, 0.29) is 0 Å². The molecular weight excluding hydrogens is 372 g/mol. The minimum atomic E-state index is 0.901. The van der Waals surface area contributed by atoms with Crippen LogP contribution in [0.2, 0.25) is 0 Å². The Morgan fingerprint density at radius 3 is 2.62 bits per heavy atom. The molecule has 2 aliphatic rings. The lowest BCUT2D eigenvalue weighted by Crippen LogP contribution is -2.32. The fraction of sp³-hybridized carbons (Fsp3) is 0.615. The van der Waals surface area contributed by atoms with Gasteiger partial charge in [-0.2, -0.15) is 0 Å². The number of nitrogens with one attached hydrogen (secondary N) is 1. The second-order valence-electron chi connectivity index (χ2n) is 9.46. The first kappa shape index (κ1) is 21.1. The minimum Gasteiger partial charge on any atom is -0.312 e. The fourth-order valence-corrected chi connectivity index (χ4v) is 6.22. The zero-order chi connectivity index (χ0) is 20.2. The van der Waals surface area contributed by atoms with Crippen molar-refractivity contribution in [3.8, 4) is 0 Å². The summed E-state index contributed by atoms with van der Waals surface area (Å²) in [6, 6.07) is 4.80. The Morgan fingerprint density at radius 2 is 1.79 bits per heavy atom. The van der Waals surface area contributed by atoms with Gasteiger partial charge in [0.05, 0.1) is 0 Å². The molecule has 2 nitrogen and oxygen atoms in total. The topological polar surface area (TPSA) is 15.3 Å². The highest BCUT2D eigenvalue weighted by atomic mass is 32.1. The van der Waals surface area contributed by atoms with E-state index < -0.39 is 0 Å². The summed E-state index contributed by atoms with van der Waals surface area (Å²) < 4.78 is 0. The Bertz CT molecular complexity index is 814. The Kier molecular flexibility index (Phi) is 7.10. The number of rotatable bonds is 7. The summed E-state index contributed by atoms with van der Waals surface area (Å²) >= 11 is 2.00. The van der Waals surface area contributed by atoms with Crippen LogP contribution in [0.1, 0.15) is 70.9 Å². The van der Waals surface area contributed by atoms with Crippen LogP contribution in [-0.4, -0.2) is 24.5 Å². The number of aryl methyl sites for hydroxylation is 2.